The molecule has 0 bridgehead atoms. The molecule has 0 amide bonds. The van der Waals surface area contributed by atoms with Gasteiger partial charge in [0.25, 0.3) is 0 Å². The summed E-state index contributed by atoms with van der Waals surface area (Å²) in [6, 6.07) is 8.46. The van der Waals surface area contributed by atoms with Crippen LogP contribution in [0, 0.1) is 17.3 Å². The first-order valence-corrected chi connectivity index (χ1v) is 9.76. The van der Waals surface area contributed by atoms with Gasteiger partial charge in [0.15, 0.2) is 0 Å². The molecule has 3 nitrogen and oxygen atoms in total. The van der Waals surface area contributed by atoms with Gasteiger partial charge in [0.1, 0.15) is 0 Å². The maximum Gasteiger partial charge on any atom is 0.303 e. The lowest BCUT2D eigenvalue weighted by atomic mass is 9.56. The summed E-state index contributed by atoms with van der Waals surface area (Å²) >= 11 is 0. The first kappa shape index (κ1) is 18.8. The molecule has 3 heteroatoms. The van der Waals surface area contributed by atoms with Crippen LogP contribution < -0.4 is 0 Å². The predicted molar refractivity (Wildman–Crippen MR) is 107 cm³/mol. The Morgan fingerprint density at radius 1 is 1.31 bits per heavy atom. The van der Waals surface area contributed by atoms with E-state index in [1.165, 1.54) is 34.0 Å². The predicted octanol–water partition coefficient (Wildman–Crippen LogP) is 5.96. The van der Waals surface area contributed by atoms with Crippen LogP contribution in [0.25, 0.3) is 10.9 Å². The standard InChI is InChI=1S/C23H31NO2/c1-15(2)18-10-9-16(3)23(4,20(18)11-12-22(25)26)13-17-14-24-21-8-6-5-7-19(17)21/h5-8,14,16,20,24H,9-13H2,1-4H3,(H,25,26)/t16-,20-,23-/m0/s1. The normalized spacial score (nSPS) is 26.2. The second-order valence-corrected chi connectivity index (χ2v) is 8.49. The number of para-hydroxylation sites is 1. The molecule has 0 radical (unpaired) electrons. The zero-order valence-electron chi connectivity index (χ0n) is 16.4. The third-order valence-electron chi connectivity index (χ3n) is 6.72. The number of aromatic nitrogens is 1. The Morgan fingerprint density at radius 3 is 2.73 bits per heavy atom. The molecule has 2 N–H and O–H groups in total. The molecule has 1 aliphatic rings. The summed E-state index contributed by atoms with van der Waals surface area (Å²) < 4.78 is 0. The highest BCUT2D eigenvalue weighted by Crippen LogP contribution is 2.52. The number of carboxylic acids is 1. The molecule has 1 heterocycles. The van der Waals surface area contributed by atoms with Crippen molar-refractivity contribution in [3.05, 3.63) is 47.2 Å². The zero-order valence-corrected chi connectivity index (χ0v) is 16.4. The zero-order chi connectivity index (χ0) is 18.9. The molecule has 3 rings (SSSR count). The van der Waals surface area contributed by atoms with Crippen molar-refractivity contribution in [1.29, 1.82) is 0 Å². The molecule has 1 saturated carbocycles. The second kappa shape index (κ2) is 7.30. The highest BCUT2D eigenvalue weighted by Gasteiger charge is 2.44. The Hall–Kier alpha value is -2.03. The summed E-state index contributed by atoms with van der Waals surface area (Å²) in [6.45, 7) is 9.11. The Balaban J connectivity index is 2.00. The van der Waals surface area contributed by atoms with Gasteiger partial charge in [-0.3, -0.25) is 4.79 Å². The maximum absolute atomic E-state index is 11.3. The lowest BCUT2D eigenvalue weighted by Crippen LogP contribution is -2.41. The van der Waals surface area contributed by atoms with Crippen LogP contribution >= 0.6 is 0 Å². The van der Waals surface area contributed by atoms with Gasteiger partial charge in [-0.2, -0.15) is 0 Å². The fraction of sp³-hybridized carbons (Fsp3) is 0.522. The molecule has 0 aliphatic heterocycles. The van der Waals surface area contributed by atoms with Crippen molar-refractivity contribution >= 4 is 16.9 Å². The van der Waals surface area contributed by atoms with E-state index in [0.717, 1.165) is 19.3 Å². The number of H-pyrrole nitrogens is 1. The van der Waals surface area contributed by atoms with Crippen LogP contribution in [0.4, 0.5) is 0 Å². The largest absolute Gasteiger partial charge is 0.481 e. The van der Waals surface area contributed by atoms with Gasteiger partial charge in [0.05, 0.1) is 0 Å². The van der Waals surface area contributed by atoms with Crippen molar-refractivity contribution in [1.82, 2.24) is 4.98 Å². The van der Waals surface area contributed by atoms with E-state index in [0.29, 0.717) is 11.8 Å². The van der Waals surface area contributed by atoms with E-state index in [9.17, 15) is 9.90 Å². The quantitative estimate of drug-likeness (QED) is 0.651. The molecule has 26 heavy (non-hydrogen) atoms. The molecule has 0 saturated heterocycles. The smallest absolute Gasteiger partial charge is 0.303 e. The van der Waals surface area contributed by atoms with Gasteiger partial charge in [0, 0.05) is 23.5 Å². The Morgan fingerprint density at radius 2 is 2.04 bits per heavy atom. The average Bonchev–Trinajstić information content (AvgIpc) is 2.99. The monoisotopic (exact) mass is 353 g/mol. The van der Waals surface area contributed by atoms with Gasteiger partial charge >= 0.3 is 5.97 Å². The van der Waals surface area contributed by atoms with E-state index in [1.54, 1.807) is 0 Å². The van der Waals surface area contributed by atoms with Crippen molar-refractivity contribution in [3.8, 4) is 0 Å². The van der Waals surface area contributed by atoms with E-state index in [2.05, 4.69) is 63.1 Å². The van der Waals surface area contributed by atoms with Gasteiger partial charge in [0.2, 0.25) is 0 Å². The number of rotatable bonds is 5. The molecular weight excluding hydrogens is 322 g/mol. The highest BCUT2D eigenvalue weighted by atomic mass is 16.4. The van der Waals surface area contributed by atoms with Crippen molar-refractivity contribution in [2.75, 3.05) is 0 Å². The Bertz CT molecular complexity index is 828. The SMILES string of the molecule is CC(C)=C1CC[C@H](C)[C@](C)(Cc2c[nH]c3ccccc23)[C@H]1CCC(=O)O. The summed E-state index contributed by atoms with van der Waals surface area (Å²) in [5, 5.41) is 10.6. The van der Waals surface area contributed by atoms with E-state index in [4.69, 9.17) is 0 Å². The Kier molecular flexibility index (Phi) is 5.27. The number of fused-ring (bicyclic) bond motifs is 1. The average molecular weight is 354 g/mol. The number of carbonyl (C=O) groups is 1. The van der Waals surface area contributed by atoms with E-state index >= 15 is 0 Å². The number of hydrogen-bond acceptors (Lipinski definition) is 1. The molecule has 0 unspecified atom stereocenters. The number of carboxylic acid groups (broad SMARTS) is 1. The first-order valence-electron chi connectivity index (χ1n) is 9.76. The van der Waals surface area contributed by atoms with E-state index < -0.39 is 5.97 Å². The second-order valence-electron chi connectivity index (χ2n) is 8.49. The van der Waals surface area contributed by atoms with Crippen LogP contribution in [-0.4, -0.2) is 16.1 Å². The van der Waals surface area contributed by atoms with Crippen LogP contribution in [0.15, 0.2) is 41.6 Å². The third-order valence-corrected chi connectivity index (χ3v) is 6.72. The van der Waals surface area contributed by atoms with Crippen LogP contribution in [0.2, 0.25) is 0 Å². The van der Waals surface area contributed by atoms with Gasteiger partial charge in [-0.1, -0.05) is 43.2 Å². The molecule has 2 aromatic rings. The summed E-state index contributed by atoms with van der Waals surface area (Å²) in [4.78, 5) is 14.7. The number of allylic oxidation sites excluding steroid dienone is 2. The molecule has 1 aromatic carbocycles. The minimum atomic E-state index is -0.689. The molecule has 1 aliphatic carbocycles. The van der Waals surface area contributed by atoms with Crippen LogP contribution in [-0.2, 0) is 11.2 Å². The molecule has 1 aromatic heterocycles. The van der Waals surface area contributed by atoms with Gasteiger partial charge in [-0.15, -0.1) is 0 Å². The van der Waals surface area contributed by atoms with Crippen molar-refractivity contribution in [2.45, 2.75) is 59.8 Å². The lowest BCUT2D eigenvalue weighted by molar-refractivity contribution is -0.137. The van der Waals surface area contributed by atoms with Crippen LogP contribution in [0.5, 0.6) is 0 Å². The minimum Gasteiger partial charge on any atom is -0.481 e. The molecule has 3 atom stereocenters. The Labute approximate surface area is 156 Å². The van der Waals surface area contributed by atoms with E-state index in [-0.39, 0.29) is 11.8 Å². The fourth-order valence-electron chi connectivity index (χ4n) is 4.97. The van der Waals surface area contributed by atoms with Crippen molar-refractivity contribution in [2.24, 2.45) is 17.3 Å². The summed E-state index contributed by atoms with van der Waals surface area (Å²) in [6.07, 6.45) is 6.41. The number of aromatic amines is 1. The number of aliphatic carboxylic acids is 1. The fourth-order valence-corrected chi connectivity index (χ4v) is 4.97. The molecule has 140 valence electrons. The van der Waals surface area contributed by atoms with Gasteiger partial charge in [-0.05, 0) is 68.4 Å². The molecule has 0 spiro atoms. The topological polar surface area (TPSA) is 53.1 Å². The lowest BCUT2D eigenvalue weighted by Gasteiger charge is -2.49. The molecule has 1 fully saturated rings. The number of hydrogen-bond donors (Lipinski definition) is 2. The maximum atomic E-state index is 11.3. The van der Waals surface area contributed by atoms with Crippen LogP contribution in [0.1, 0.15) is 58.9 Å². The van der Waals surface area contributed by atoms with Gasteiger partial charge < -0.3 is 10.1 Å². The molecular formula is C23H31NO2. The van der Waals surface area contributed by atoms with Crippen molar-refractivity contribution in [3.63, 3.8) is 0 Å². The van der Waals surface area contributed by atoms with Gasteiger partial charge in [-0.25, -0.2) is 0 Å². The third kappa shape index (κ3) is 3.44. The number of nitrogens with one attached hydrogen (secondary N) is 1. The highest BCUT2D eigenvalue weighted by molar-refractivity contribution is 5.83. The van der Waals surface area contributed by atoms with E-state index in [1.807, 2.05) is 0 Å². The first-order chi connectivity index (χ1) is 12.3. The summed E-state index contributed by atoms with van der Waals surface area (Å²) in [5.74, 6) is 0.213. The summed E-state index contributed by atoms with van der Waals surface area (Å²) in [7, 11) is 0. The van der Waals surface area contributed by atoms with Crippen molar-refractivity contribution < 1.29 is 9.90 Å². The minimum absolute atomic E-state index is 0.0747. The van der Waals surface area contributed by atoms with Crippen LogP contribution in [0.3, 0.4) is 0 Å². The summed E-state index contributed by atoms with van der Waals surface area (Å²) in [5.41, 5.74) is 5.47. The number of benzene rings is 1.